The van der Waals surface area contributed by atoms with E-state index in [1.165, 1.54) is 54.6 Å². The zero-order valence-electron chi connectivity index (χ0n) is 19.9. The summed E-state index contributed by atoms with van der Waals surface area (Å²) in [4.78, 5) is 50.2. The number of carboxylic acids is 1. The monoisotopic (exact) mass is 554 g/mol. The molecule has 9 nitrogen and oxygen atoms in total. The van der Waals surface area contributed by atoms with Gasteiger partial charge in [0.2, 0.25) is 0 Å². The first-order valence-corrected chi connectivity index (χ1v) is 12.0. The number of urea groups is 1. The number of hydrogen-bond donors (Lipinski definition) is 2. The average Bonchev–Trinajstić information content (AvgIpc) is 2.87. The van der Waals surface area contributed by atoms with Gasteiger partial charge in [0, 0.05) is 5.02 Å². The van der Waals surface area contributed by atoms with Crippen LogP contribution in [-0.4, -0.2) is 35.5 Å². The fourth-order valence-corrected chi connectivity index (χ4v) is 4.07. The first-order valence-electron chi connectivity index (χ1n) is 11.3. The molecule has 1 saturated heterocycles. The van der Waals surface area contributed by atoms with E-state index in [4.69, 9.17) is 32.7 Å². The molecule has 0 aliphatic carbocycles. The Morgan fingerprint density at radius 2 is 1.76 bits per heavy atom. The summed E-state index contributed by atoms with van der Waals surface area (Å²) in [5.41, 5.74) is 1.01. The lowest BCUT2D eigenvalue weighted by atomic mass is 10.1. The maximum Gasteiger partial charge on any atom is 0.335 e. The first-order chi connectivity index (χ1) is 18.2. The number of rotatable bonds is 8. The van der Waals surface area contributed by atoms with Crippen LogP contribution in [0, 0.1) is 0 Å². The lowest BCUT2D eigenvalue weighted by Gasteiger charge is -2.26. The summed E-state index contributed by atoms with van der Waals surface area (Å²) in [6.45, 7) is 2.03. The van der Waals surface area contributed by atoms with Crippen molar-refractivity contribution in [2.45, 2.75) is 13.5 Å². The number of ether oxygens (including phenoxy) is 2. The molecule has 1 heterocycles. The molecule has 0 radical (unpaired) electrons. The number of nitrogens with one attached hydrogen (secondary N) is 1. The number of carbonyl (C=O) groups is 4. The van der Waals surface area contributed by atoms with Gasteiger partial charge in [-0.2, -0.15) is 0 Å². The Morgan fingerprint density at radius 3 is 2.45 bits per heavy atom. The number of benzene rings is 3. The molecule has 1 aliphatic rings. The summed E-state index contributed by atoms with van der Waals surface area (Å²) >= 11 is 12.4. The molecule has 11 heteroatoms. The molecular weight excluding hydrogens is 535 g/mol. The third-order valence-corrected chi connectivity index (χ3v) is 5.92. The molecule has 4 rings (SSSR count). The summed E-state index contributed by atoms with van der Waals surface area (Å²) in [6.07, 6.45) is 1.29. The van der Waals surface area contributed by atoms with E-state index in [0.717, 1.165) is 4.90 Å². The molecule has 0 spiro atoms. The number of barbiturate groups is 1. The molecule has 38 heavy (non-hydrogen) atoms. The summed E-state index contributed by atoms with van der Waals surface area (Å²) in [7, 11) is 0. The van der Waals surface area contributed by atoms with Crippen LogP contribution in [0.4, 0.5) is 10.5 Å². The predicted molar refractivity (Wildman–Crippen MR) is 141 cm³/mol. The van der Waals surface area contributed by atoms with Crippen molar-refractivity contribution in [3.05, 3.63) is 93.0 Å². The van der Waals surface area contributed by atoms with Crippen LogP contribution in [0.25, 0.3) is 6.08 Å². The van der Waals surface area contributed by atoms with Gasteiger partial charge in [-0.1, -0.05) is 35.3 Å². The van der Waals surface area contributed by atoms with Crippen LogP contribution in [0.3, 0.4) is 0 Å². The number of carboxylic acid groups (broad SMARTS) is 1. The smallest absolute Gasteiger partial charge is 0.335 e. The minimum Gasteiger partial charge on any atom is -0.490 e. The molecule has 0 bridgehead atoms. The number of amides is 4. The standard InChI is InChI=1S/C27H20Cl2N2O7/c1-2-37-22-13-16(12-21(29)23(22)38-14-15-4-3-5-17(10-15)26(34)35)11-20-24(32)30-27(36)31(25(20)33)19-8-6-18(28)7-9-19/h3-13H,2,14H2,1H3,(H,34,35)(H,30,32,36). The number of halogens is 2. The van der Waals surface area contributed by atoms with Crippen LogP contribution in [0.5, 0.6) is 11.5 Å². The van der Waals surface area contributed by atoms with Crippen molar-refractivity contribution in [2.24, 2.45) is 0 Å². The largest absolute Gasteiger partial charge is 0.490 e. The fourth-order valence-electron chi connectivity index (χ4n) is 3.67. The highest BCUT2D eigenvalue weighted by molar-refractivity contribution is 6.39. The second-order valence-electron chi connectivity index (χ2n) is 7.99. The van der Waals surface area contributed by atoms with Crippen molar-refractivity contribution < 1.29 is 33.8 Å². The molecule has 1 fully saturated rings. The van der Waals surface area contributed by atoms with Crippen LogP contribution in [0.1, 0.15) is 28.4 Å². The van der Waals surface area contributed by atoms with Crippen molar-refractivity contribution in [2.75, 3.05) is 11.5 Å². The predicted octanol–water partition coefficient (Wildman–Crippen LogP) is 5.34. The van der Waals surface area contributed by atoms with E-state index in [-0.39, 0.29) is 46.6 Å². The van der Waals surface area contributed by atoms with Crippen molar-refractivity contribution >= 4 is 58.8 Å². The highest BCUT2D eigenvalue weighted by Crippen LogP contribution is 2.38. The first kappa shape index (κ1) is 26.7. The molecule has 0 atom stereocenters. The summed E-state index contributed by atoms with van der Waals surface area (Å²) < 4.78 is 11.5. The Labute approximate surface area is 227 Å². The molecule has 2 N–H and O–H groups in total. The number of aromatic carboxylic acids is 1. The van der Waals surface area contributed by atoms with Crippen molar-refractivity contribution in [3.8, 4) is 11.5 Å². The third-order valence-electron chi connectivity index (χ3n) is 5.39. The van der Waals surface area contributed by atoms with Crippen molar-refractivity contribution in [3.63, 3.8) is 0 Å². The number of imide groups is 2. The van der Waals surface area contributed by atoms with E-state index in [2.05, 4.69) is 5.32 Å². The van der Waals surface area contributed by atoms with E-state index >= 15 is 0 Å². The number of carbonyl (C=O) groups excluding carboxylic acids is 3. The minimum absolute atomic E-state index is 0.0143. The zero-order valence-corrected chi connectivity index (χ0v) is 21.4. The van der Waals surface area contributed by atoms with Crippen LogP contribution >= 0.6 is 23.2 Å². The van der Waals surface area contributed by atoms with Gasteiger partial charge in [0.05, 0.1) is 22.9 Å². The van der Waals surface area contributed by atoms with Gasteiger partial charge in [-0.3, -0.25) is 14.9 Å². The maximum atomic E-state index is 13.1. The van der Waals surface area contributed by atoms with Crippen LogP contribution in [0.2, 0.25) is 10.0 Å². The van der Waals surface area contributed by atoms with Crippen LogP contribution < -0.4 is 19.7 Å². The van der Waals surface area contributed by atoms with Gasteiger partial charge < -0.3 is 14.6 Å². The Morgan fingerprint density at radius 1 is 1.03 bits per heavy atom. The maximum absolute atomic E-state index is 13.1. The molecule has 194 valence electrons. The lowest BCUT2D eigenvalue weighted by molar-refractivity contribution is -0.122. The average molecular weight is 555 g/mol. The highest BCUT2D eigenvalue weighted by Gasteiger charge is 2.36. The van der Waals surface area contributed by atoms with E-state index < -0.39 is 23.8 Å². The zero-order chi connectivity index (χ0) is 27.4. The van der Waals surface area contributed by atoms with Gasteiger partial charge in [0.25, 0.3) is 11.8 Å². The SMILES string of the molecule is CCOc1cc(C=C2C(=O)NC(=O)N(c3ccc(Cl)cc3)C2=O)cc(Cl)c1OCc1cccc(C(=O)O)c1. The van der Waals surface area contributed by atoms with Crippen molar-refractivity contribution in [1.29, 1.82) is 0 Å². The topological polar surface area (TPSA) is 122 Å². The molecule has 3 aromatic rings. The van der Waals surface area contributed by atoms with Gasteiger partial charge in [-0.25, -0.2) is 14.5 Å². The Hall–Kier alpha value is -4.34. The number of hydrogen-bond acceptors (Lipinski definition) is 6. The van der Waals surface area contributed by atoms with Gasteiger partial charge in [-0.05, 0) is 72.7 Å². The Kier molecular flexibility index (Phi) is 7.99. The van der Waals surface area contributed by atoms with Gasteiger partial charge >= 0.3 is 12.0 Å². The van der Waals surface area contributed by atoms with Gasteiger partial charge in [0.1, 0.15) is 12.2 Å². The number of nitrogens with zero attached hydrogens (tertiary/aromatic N) is 1. The lowest BCUT2D eigenvalue weighted by Crippen LogP contribution is -2.54. The summed E-state index contributed by atoms with van der Waals surface area (Å²) in [6, 6.07) is 14.4. The number of anilines is 1. The summed E-state index contributed by atoms with van der Waals surface area (Å²) in [5, 5.41) is 11.9. The minimum atomic E-state index is -1.06. The van der Waals surface area contributed by atoms with Gasteiger partial charge in [-0.15, -0.1) is 0 Å². The molecule has 3 aromatic carbocycles. The van der Waals surface area contributed by atoms with E-state index in [0.29, 0.717) is 16.1 Å². The molecule has 0 aromatic heterocycles. The molecule has 1 aliphatic heterocycles. The summed E-state index contributed by atoms with van der Waals surface area (Å²) in [5.74, 6) is -2.30. The van der Waals surface area contributed by atoms with Crippen LogP contribution in [0.15, 0.2) is 66.2 Å². The Balaban J connectivity index is 1.64. The second kappa shape index (κ2) is 11.4. The van der Waals surface area contributed by atoms with Gasteiger partial charge in [0.15, 0.2) is 11.5 Å². The third kappa shape index (κ3) is 5.80. The van der Waals surface area contributed by atoms with E-state index in [1.807, 2.05) is 0 Å². The van der Waals surface area contributed by atoms with Crippen LogP contribution in [-0.2, 0) is 16.2 Å². The van der Waals surface area contributed by atoms with E-state index in [9.17, 15) is 24.3 Å². The molecule has 0 saturated carbocycles. The van der Waals surface area contributed by atoms with E-state index in [1.54, 1.807) is 19.1 Å². The van der Waals surface area contributed by atoms with Crippen molar-refractivity contribution in [1.82, 2.24) is 5.32 Å². The Bertz CT molecular complexity index is 1470. The fraction of sp³-hybridized carbons (Fsp3) is 0.111. The molecule has 4 amide bonds. The quantitative estimate of drug-likeness (QED) is 0.284. The highest BCUT2D eigenvalue weighted by atomic mass is 35.5. The second-order valence-corrected chi connectivity index (χ2v) is 8.84. The molecular formula is C27H20Cl2N2O7. The normalized spacial score (nSPS) is 14.4. The molecule has 0 unspecified atom stereocenters.